The molecule has 0 radical (unpaired) electrons. The molecule has 1 saturated heterocycles. The molecule has 0 atom stereocenters. The van der Waals surface area contributed by atoms with Gasteiger partial charge >= 0.3 is 0 Å². The van der Waals surface area contributed by atoms with E-state index in [4.69, 9.17) is 4.74 Å². The van der Waals surface area contributed by atoms with Crippen LogP contribution < -0.4 is 4.74 Å². The molecule has 86 valence electrons. The first-order valence-electron chi connectivity index (χ1n) is 5.67. The summed E-state index contributed by atoms with van der Waals surface area (Å²) in [5, 5.41) is 0. The molecular formula is C13H17NO2. The summed E-state index contributed by atoms with van der Waals surface area (Å²) in [6.07, 6.45) is 0.157. The van der Waals surface area contributed by atoms with Crippen LogP contribution >= 0.6 is 0 Å². The molecule has 1 aromatic carbocycles. The van der Waals surface area contributed by atoms with Gasteiger partial charge in [0.05, 0.1) is 13.1 Å². The Kier molecular flexibility index (Phi) is 3.13. The number of rotatable bonds is 3. The molecule has 0 aromatic heterocycles. The highest BCUT2D eigenvalue weighted by Crippen LogP contribution is 2.18. The predicted molar refractivity (Wildman–Crippen MR) is 62.3 cm³/mol. The van der Waals surface area contributed by atoms with Crippen LogP contribution in [0.3, 0.4) is 0 Å². The van der Waals surface area contributed by atoms with E-state index in [1.807, 2.05) is 49.1 Å². The maximum atomic E-state index is 11.6. The van der Waals surface area contributed by atoms with Gasteiger partial charge in [0.1, 0.15) is 11.9 Å². The first-order chi connectivity index (χ1) is 7.66. The Morgan fingerprint density at radius 3 is 2.50 bits per heavy atom. The molecule has 3 heteroatoms. The van der Waals surface area contributed by atoms with E-state index in [1.165, 1.54) is 0 Å². The van der Waals surface area contributed by atoms with Crippen molar-refractivity contribution >= 4 is 5.91 Å². The van der Waals surface area contributed by atoms with E-state index in [9.17, 15) is 4.79 Å². The number of hydrogen-bond donors (Lipinski definition) is 0. The fourth-order valence-corrected chi connectivity index (χ4v) is 1.75. The van der Waals surface area contributed by atoms with Gasteiger partial charge in [-0.15, -0.1) is 0 Å². The van der Waals surface area contributed by atoms with Crippen molar-refractivity contribution in [1.29, 1.82) is 0 Å². The third kappa shape index (κ3) is 2.35. The molecule has 3 nitrogen and oxygen atoms in total. The van der Waals surface area contributed by atoms with Gasteiger partial charge in [0.15, 0.2) is 0 Å². The van der Waals surface area contributed by atoms with Gasteiger partial charge in [-0.2, -0.15) is 0 Å². The summed E-state index contributed by atoms with van der Waals surface area (Å²) in [7, 11) is 0. The molecule has 1 heterocycles. The number of carbonyl (C=O) groups is 1. The maximum absolute atomic E-state index is 11.6. The van der Waals surface area contributed by atoms with Crippen molar-refractivity contribution in [1.82, 2.24) is 4.90 Å². The second-order valence-electron chi connectivity index (χ2n) is 4.45. The number of carbonyl (C=O) groups excluding carboxylic acids is 1. The standard InChI is InChI=1S/C13H17NO2/c1-10(2)13(15)14-8-12(9-14)16-11-6-4-3-5-7-11/h3-7,10,12H,8-9H2,1-2H3. The van der Waals surface area contributed by atoms with Gasteiger partial charge in [-0.1, -0.05) is 32.0 Å². The molecule has 1 aliphatic rings. The first kappa shape index (κ1) is 11.0. The van der Waals surface area contributed by atoms with Crippen LogP contribution in [-0.2, 0) is 4.79 Å². The molecule has 1 aromatic rings. The topological polar surface area (TPSA) is 29.5 Å². The Bertz CT molecular complexity index is 355. The fraction of sp³-hybridized carbons (Fsp3) is 0.462. The van der Waals surface area contributed by atoms with Gasteiger partial charge < -0.3 is 9.64 Å². The van der Waals surface area contributed by atoms with E-state index in [0.717, 1.165) is 5.75 Å². The molecule has 0 unspecified atom stereocenters. The third-order valence-corrected chi connectivity index (χ3v) is 2.70. The summed E-state index contributed by atoms with van der Waals surface area (Å²) in [6, 6.07) is 9.73. The second kappa shape index (κ2) is 4.56. The summed E-state index contributed by atoms with van der Waals surface area (Å²) in [5.41, 5.74) is 0. The summed E-state index contributed by atoms with van der Waals surface area (Å²) in [5.74, 6) is 1.18. The highest BCUT2D eigenvalue weighted by Gasteiger charge is 2.32. The molecular weight excluding hydrogens is 202 g/mol. The Morgan fingerprint density at radius 1 is 1.31 bits per heavy atom. The van der Waals surface area contributed by atoms with Crippen LogP contribution in [0.1, 0.15) is 13.8 Å². The Hall–Kier alpha value is -1.51. The van der Waals surface area contributed by atoms with Crippen molar-refractivity contribution in [3.05, 3.63) is 30.3 Å². The lowest BCUT2D eigenvalue weighted by Crippen LogP contribution is -2.57. The molecule has 0 N–H and O–H groups in total. The van der Waals surface area contributed by atoms with Gasteiger partial charge in [-0.25, -0.2) is 0 Å². The monoisotopic (exact) mass is 219 g/mol. The quantitative estimate of drug-likeness (QED) is 0.777. The number of benzene rings is 1. The van der Waals surface area contributed by atoms with Crippen molar-refractivity contribution in [2.45, 2.75) is 20.0 Å². The SMILES string of the molecule is CC(C)C(=O)N1CC(Oc2ccccc2)C1. The maximum Gasteiger partial charge on any atom is 0.225 e. The van der Waals surface area contributed by atoms with Gasteiger partial charge in [-0.05, 0) is 12.1 Å². The van der Waals surface area contributed by atoms with Crippen LogP contribution in [0.5, 0.6) is 5.75 Å². The first-order valence-corrected chi connectivity index (χ1v) is 5.67. The summed E-state index contributed by atoms with van der Waals surface area (Å²) in [4.78, 5) is 13.4. The van der Waals surface area contributed by atoms with Crippen molar-refractivity contribution in [2.24, 2.45) is 5.92 Å². The van der Waals surface area contributed by atoms with Crippen molar-refractivity contribution in [3.8, 4) is 5.75 Å². The van der Waals surface area contributed by atoms with Gasteiger partial charge in [-0.3, -0.25) is 4.79 Å². The summed E-state index contributed by atoms with van der Waals surface area (Å²) < 4.78 is 5.72. The molecule has 0 aliphatic carbocycles. The molecule has 2 rings (SSSR count). The van der Waals surface area contributed by atoms with Crippen LogP contribution in [0.4, 0.5) is 0 Å². The molecule has 0 saturated carbocycles. The minimum atomic E-state index is 0.0812. The van der Waals surface area contributed by atoms with Crippen LogP contribution in [0.2, 0.25) is 0 Å². The van der Waals surface area contributed by atoms with Crippen LogP contribution in [-0.4, -0.2) is 30.0 Å². The smallest absolute Gasteiger partial charge is 0.225 e. The average molecular weight is 219 g/mol. The average Bonchev–Trinajstić information content (AvgIpc) is 2.23. The summed E-state index contributed by atoms with van der Waals surface area (Å²) in [6.45, 7) is 5.28. The predicted octanol–water partition coefficient (Wildman–Crippen LogP) is 1.93. The van der Waals surface area contributed by atoms with Gasteiger partial charge in [0.25, 0.3) is 0 Å². The van der Waals surface area contributed by atoms with E-state index in [2.05, 4.69) is 0 Å². The number of amides is 1. The van der Waals surface area contributed by atoms with Crippen molar-refractivity contribution < 1.29 is 9.53 Å². The lowest BCUT2D eigenvalue weighted by atomic mass is 10.1. The zero-order chi connectivity index (χ0) is 11.5. The molecule has 16 heavy (non-hydrogen) atoms. The van der Waals surface area contributed by atoms with E-state index in [1.54, 1.807) is 0 Å². The summed E-state index contributed by atoms with van der Waals surface area (Å²) >= 11 is 0. The van der Waals surface area contributed by atoms with E-state index >= 15 is 0 Å². The number of nitrogens with zero attached hydrogens (tertiary/aromatic N) is 1. The molecule has 1 amide bonds. The highest BCUT2D eigenvalue weighted by atomic mass is 16.5. The number of ether oxygens (including phenoxy) is 1. The van der Waals surface area contributed by atoms with Crippen molar-refractivity contribution in [2.75, 3.05) is 13.1 Å². The molecule has 1 fully saturated rings. The molecule has 1 aliphatic heterocycles. The highest BCUT2D eigenvalue weighted by molar-refractivity contribution is 5.79. The largest absolute Gasteiger partial charge is 0.487 e. The van der Waals surface area contributed by atoms with Crippen LogP contribution in [0, 0.1) is 5.92 Å². The third-order valence-electron chi connectivity index (χ3n) is 2.70. The molecule has 0 bridgehead atoms. The Balaban J connectivity index is 1.79. The lowest BCUT2D eigenvalue weighted by molar-refractivity contribution is -0.143. The van der Waals surface area contributed by atoms with E-state index in [-0.39, 0.29) is 17.9 Å². The number of likely N-dealkylation sites (tertiary alicyclic amines) is 1. The van der Waals surface area contributed by atoms with Gasteiger partial charge in [0.2, 0.25) is 5.91 Å². The zero-order valence-corrected chi connectivity index (χ0v) is 9.72. The van der Waals surface area contributed by atoms with E-state index in [0.29, 0.717) is 13.1 Å². The lowest BCUT2D eigenvalue weighted by Gasteiger charge is -2.39. The second-order valence-corrected chi connectivity index (χ2v) is 4.45. The van der Waals surface area contributed by atoms with Crippen molar-refractivity contribution in [3.63, 3.8) is 0 Å². The van der Waals surface area contributed by atoms with Crippen LogP contribution in [0.25, 0.3) is 0 Å². The molecule has 0 spiro atoms. The Labute approximate surface area is 96.0 Å². The van der Waals surface area contributed by atoms with E-state index < -0.39 is 0 Å². The number of para-hydroxylation sites is 1. The number of hydrogen-bond acceptors (Lipinski definition) is 2. The fourth-order valence-electron chi connectivity index (χ4n) is 1.75. The van der Waals surface area contributed by atoms with Crippen LogP contribution in [0.15, 0.2) is 30.3 Å². The minimum Gasteiger partial charge on any atom is -0.487 e. The van der Waals surface area contributed by atoms with Gasteiger partial charge in [0, 0.05) is 5.92 Å². The minimum absolute atomic E-state index is 0.0812. The zero-order valence-electron chi connectivity index (χ0n) is 9.72. The normalized spacial score (nSPS) is 16.1. The Morgan fingerprint density at radius 2 is 1.94 bits per heavy atom.